The number of benzene rings is 2. The van der Waals surface area contributed by atoms with Crippen molar-refractivity contribution in [3.05, 3.63) is 59.7 Å². The van der Waals surface area contributed by atoms with E-state index >= 15 is 0 Å². The van der Waals surface area contributed by atoms with Crippen LogP contribution in [-0.4, -0.2) is 44.2 Å². The minimum atomic E-state index is -0.0672. The van der Waals surface area contributed by atoms with E-state index in [1.165, 1.54) is 24.8 Å². The third-order valence-corrected chi connectivity index (χ3v) is 5.36. The van der Waals surface area contributed by atoms with Gasteiger partial charge in [0.2, 0.25) is 0 Å². The van der Waals surface area contributed by atoms with E-state index in [2.05, 4.69) is 29.3 Å². The molecular weight excluding hydrogens is 364 g/mol. The van der Waals surface area contributed by atoms with E-state index < -0.39 is 0 Å². The van der Waals surface area contributed by atoms with Gasteiger partial charge in [-0.1, -0.05) is 31.5 Å². The topological polar surface area (TPSA) is 50.8 Å². The number of rotatable bonds is 9. The Labute approximate surface area is 174 Å². The molecule has 2 aromatic carbocycles. The zero-order chi connectivity index (χ0) is 20.5. The van der Waals surface area contributed by atoms with Crippen LogP contribution >= 0.6 is 0 Å². The van der Waals surface area contributed by atoms with Crippen molar-refractivity contribution in [1.82, 2.24) is 10.2 Å². The number of nitrogens with zero attached hydrogens (tertiary/aromatic N) is 1. The van der Waals surface area contributed by atoms with Crippen LogP contribution in [0.1, 0.15) is 54.6 Å². The highest BCUT2D eigenvalue weighted by atomic mass is 16.5. The van der Waals surface area contributed by atoms with Crippen molar-refractivity contribution in [1.29, 1.82) is 0 Å². The zero-order valence-electron chi connectivity index (χ0n) is 17.5. The van der Waals surface area contributed by atoms with E-state index in [9.17, 15) is 4.79 Å². The summed E-state index contributed by atoms with van der Waals surface area (Å²) in [6.07, 6.45) is 4.63. The van der Waals surface area contributed by atoms with E-state index in [4.69, 9.17) is 9.47 Å². The van der Waals surface area contributed by atoms with Gasteiger partial charge in [0, 0.05) is 12.1 Å². The van der Waals surface area contributed by atoms with Gasteiger partial charge in [-0.05, 0) is 68.2 Å². The molecule has 29 heavy (non-hydrogen) atoms. The van der Waals surface area contributed by atoms with Gasteiger partial charge in [0.1, 0.15) is 11.5 Å². The number of hydrogen-bond acceptors (Lipinski definition) is 4. The number of carbonyl (C=O) groups excluding carboxylic acids is 1. The molecule has 5 nitrogen and oxygen atoms in total. The molecule has 1 heterocycles. The van der Waals surface area contributed by atoms with Crippen LogP contribution < -0.4 is 14.8 Å². The maximum absolute atomic E-state index is 12.8. The number of methoxy groups -OCH3 is 1. The fourth-order valence-corrected chi connectivity index (χ4v) is 3.75. The molecule has 0 radical (unpaired) electrons. The van der Waals surface area contributed by atoms with Gasteiger partial charge in [-0.3, -0.25) is 9.69 Å². The fraction of sp³-hybridized carbons (Fsp3) is 0.458. The van der Waals surface area contributed by atoms with Crippen LogP contribution in [0.15, 0.2) is 48.5 Å². The molecule has 156 valence electrons. The van der Waals surface area contributed by atoms with Crippen molar-refractivity contribution in [2.45, 2.75) is 38.6 Å². The van der Waals surface area contributed by atoms with Crippen LogP contribution in [0.25, 0.3) is 0 Å². The summed E-state index contributed by atoms with van der Waals surface area (Å²) in [5, 5.41) is 3.14. The first-order valence-corrected chi connectivity index (χ1v) is 10.6. The summed E-state index contributed by atoms with van der Waals surface area (Å²) in [5.74, 6) is 1.52. The molecule has 1 amide bonds. The molecule has 1 saturated heterocycles. The molecule has 0 aliphatic carbocycles. The maximum Gasteiger partial charge on any atom is 0.251 e. The van der Waals surface area contributed by atoms with Crippen LogP contribution in [0.4, 0.5) is 0 Å². The summed E-state index contributed by atoms with van der Waals surface area (Å²) in [4.78, 5) is 15.3. The van der Waals surface area contributed by atoms with E-state index in [1.807, 2.05) is 36.4 Å². The Morgan fingerprint density at radius 1 is 1.07 bits per heavy atom. The Kier molecular flexibility index (Phi) is 7.94. The van der Waals surface area contributed by atoms with Crippen molar-refractivity contribution in [2.75, 3.05) is 33.4 Å². The Hall–Kier alpha value is -2.53. The lowest BCUT2D eigenvalue weighted by molar-refractivity contribution is 0.0924. The van der Waals surface area contributed by atoms with E-state index in [1.54, 1.807) is 7.11 Å². The van der Waals surface area contributed by atoms with E-state index in [0.717, 1.165) is 31.0 Å². The third-order valence-electron chi connectivity index (χ3n) is 5.36. The van der Waals surface area contributed by atoms with Crippen molar-refractivity contribution in [2.24, 2.45) is 0 Å². The summed E-state index contributed by atoms with van der Waals surface area (Å²) in [6.45, 7) is 5.42. The number of carbonyl (C=O) groups is 1. The molecule has 1 N–H and O–H groups in total. The van der Waals surface area contributed by atoms with Crippen LogP contribution in [0.5, 0.6) is 11.5 Å². The minimum absolute atomic E-state index is 0.0672. The quantitative estimate of drug-likeness (QED) is 0.681. The first-order valence-electron chi connectivity index (χ1n) is 10.6. The zero-order valence-corrected chi connectivity index (χ0v) is 17.5. The monoisotopic (exact) mass is 396 g/mol. The molecule has 1 atom stereocenters. The first-order chi connectivity index (χ1) is 14.2. The number of ether oxygens (including phenoxy) is 2. The second kappa shape index (κ2) is 10.9. The lowest BCUT2D eigenvalue weighted by Crippen LogP contribution is -2.40. The molecule has 0 saturated carbocycles. The van der Waals surface area contributed by atoms with Crippen molar-refractivity contribution < 1.29 is 14.3 Å². The number of hydrogen-bond donors (Lipinski definition) is 1. The molecule has 0 aromatic heterocycles. The Balaban J connectivity index is 1.69. The van der Waals surface area contributed by atoms with Crippen molar-refractivity contribution >= 4 is 5.91 Å². The van der Waals surface area contributed by atoms with Crippen LogP contribution in [0, 0.1) is 0 Å². The summed E-state index contributed by atoms with van der Waals surface area (Å²) in [7, 11) is 1.68. The summed E-state index contributed by atoms with van der Waals surface area (Å²) < 4.78 is 11.0. The number of piperidine rings is 1. The van der Waals surface area contributed by atoms with E-state index in [0.29, 0.717) is 18.7 Å². The van der Waals surface area contributed by atoms with Crippen LogP contribution in [0.3, 0.4) is 0 Å². The second-order valence-corrected chi connectivity index (χ2v) is 7.47. The normalized spacial score (nSPS) is 15.5. The molecule has 0 bridgehead atoms. The van der Waals surface area contributed by atoms with Gasteiger partial charge in [-0.25, -0.2) is 0 Å². The number of amides is 1. The number of nitrogens with one attached hydrogen (secondary N) is 1. The second-order valence-electron chi connectivity index (χ2n) is 7.47. The predicted octanol–water partition coefficient (Wildman–Crippen LogP) is 4.44. The van der Waals surface area contributed by atoms with Crippen LogP contribution in [0.2, 0.25) is 0 Å². The molecule has 1 fully saturated rings. The fourth-order valence-electron chi connectivity index (χ4n) is 3.75. The van der Waals surface area contributed by atoms with Gasteiger partial charge in [-0.15, -0.1) is 0 Å². The Morgan fingerprint density at radius 2 is 1.83 bits per heavy atom. The SMILES string of the molecule is CCCOc1cccc(C(=O)NC[C@H](c2ccc(OC)cc2)N2CCCCC2)c1. The molecule has 5 heteroatoms. The Morgan fingerprint density at radius 3 is 2.52 bits per heavy atom. The highest BCUT2D eigenvalue weighted by Gasteiger charge is 2.23. The standard InChI is InChI=1S/C24H32N2O3/c1-3-16-29-22-9-7-8-20(17-22)24(27)25-18-23(26-14-5-4-6-15-26)19-10-12-21(28-2)13-11-19/h7-13,17,23H,3-6,14-16,18H2,1-2H3,(H,25,27)/t23-/m1/s1. The Bertz CT molecular complexity index is 770. The lowest BCUT2D eigenvalue weighted by atomic mass is 10.0. The molecule has 2 aromatic rings. The highest BCUT2D eigenvalue weighted by Crippen LogP contribution is 2.26. The van der Waals surface area contributed by atoms with Gasteiger partial charge in [0.05, 0.1) is 19.8 Å². The van der Waals surface area contributed by atoms with Gasteiger partial charge in [0.25, 0.3) is 5.91 Å². The average molecular weight is 397 g/mol. The van der Waals surface area contributed by atoms with Gasteiger partial charge < -0.3 is 14.8 Å². The average Bonchev–Trinajstić information content (AvgIpc) is 2.79. The third kappa shape index (κ3) is 5.97. The predicted molar refractivity (Wildman–Crippen MR) is 116 cm³/mol. The van der Waals surface area contributed by atoms with Crippen molar-refractivity contribution in [3.8, 4) is 11.5 Å². The molecular formula is C24H32N2O3. The smallest absolute Gasteiger partial charge is 0.251 e. The molecule has 0 unspecified atom stereocenters. The molecule has 0 spiro atoms. The first kappa shape index (κ1) is 21.2. The summed E-state index contributed by atoms with van der Waals surface area (Å²) in [6, 6.07) is 15.7. The maximum atomic E-state index is 12.8. The van der Waals surface area contributed by atoms with Crippen molar-refractivity contribution in [3.63, 3.8) is 0 Å². The number of likely N-dealkylation sites (tertiary alicyclic amines) is 1. The largest absolute Gasteiger partial charge is 0.497 e. The molecule has 1 aliphatic heterocycles. The molecule has 3 rings (SSSR count). The lowest BCUT2D eigenvalue weighted by Gasteiger charge is -2.35. The van der Waals surface area contributed by atoms with Gasteiger partial charge in [0.15, 0.2) is 0 Å². The summed E-state index contributed by atoms with van der Waals surface area (Å²) >= 11 is 0. The molecule has 1 aliphatic rings. The van der Waals surface area contributed by atoms with Gasteiger partial charge >= 0.3 is 0 Å². The summed E-state index contributed by atoms with van der Waals surface area (Å²) in [5.41, 5.74) is 1.83. The van der Waals surface area contributed by atoms with E-state index in [-0.39, 0.29) is 11.9 Å². The highest BCUT2D eigenvalue weighted by molar-refractivity contribution is 5.94. The minimum Gasteiger partial charge on any atom is -0.497 e. The van der Waals surface area contributed by atoms with Crippen LogP contribution in [-0.2, 0) is 0 Å². The van der Waals surface area contributed by atoms with Gasteiger partial charge in [-0.2, -0.15) is 0 Å².